The molecule has 0 aromatic heterocycles. The van der Waals surface area contributed by atoms with Crippen LogP contribution < -0.4 is 5.32 Å². The lowest BCUT2D eigenvalue weighted by atomic mass is 10.2. The fraction of sp³-hybridized carbons (Fsp3) is 0.571. The normalized spacial score (nSPS) is 27.3. The van der Waals surface area contributed by atoms with Crippen LogP contribution in [0.15, 0.2) is 30.3 Å². The van der Waals surface area contributed by atoms with Gasteiger partial charge in [-0.25, -0.2) is 8.42 Å². The van der Waals surface area contributed by atoms with Crippen LogP contribution >= 0.6 is 0 Å². The zero-order valence-electron chi connectivity index (χ0n) is 11.0. The minimum Gasteiger partial charge on any atom is -0.308 e. The molecule has 0 radical (unpaired) electrons. The van der Waals surface area contributed by atoms with Crippen LogP contribution in [-0.4, -0.2) is 50.0 Å². The lowest BCUT2D eigenvalue weighted by Crippen LogP contribution is -2.54. The van der Waals surface area contributed by atoms with Crippen molar-refractivity contribution in [3.8, 4) is 0 Å². The Labute approximate surface area is 114 Å². The van der Waals surface area contributed by atoms with E-state index in [-0.39, 0.29) is 6.04 Å². The van der Waals surface area contributed by atoms with E-state index >= 15 is 0 Å². The molecule has 1 aromatic rings. The Morgan fingerprint density at radius 3 is 2.58 bits per heavy atom. The van der Waals surface area contributed by atoms with Gasteiger partial charge in [0.2, 0.25) is 0 Å². The van der Waals surface area contributed by atoms with Crippen LogP contribution in [0.1, 0.15) is 12.0 Å². The highest BCUT2D eigenvalue weighted by molar-refractivity contribution is 7.92. The fourth-order valence-corrected chi connectivity index (χ4v) is 4.27. The lowest BCUT2D eigenvalue weighted by molar-refractivity contribution is 0.316. The van der Waals surface area contributed by atoms with Crippen LogP contribution in [0.2, 0.25) is 0 Å². The molecule has 4 nitrogen and oxygen atoms in total. The van der Waals surface area contributed by atoms with Crippen LogP contribution in [0.3, 0.4) is 0 Å². The van der Waals surface area contributed by atoms with Crippen LogP contribution in [0.5, 0.6) is 0 Å². The smallest absolute Gasteiger partial charge is 0.153 e. The predicted molar refractivity (Wildman–Crippen MR) is 75.7 cm³/mol. The highest BCUT2D eigenvalue weighted by atomic mass is 32.2. The van der Waals surface area contributed by atoms with Gasteiger partial charge in [0.1, 0.15) is 0 Å². The first-order valence-corrected chi connectivity index (χ1v) is 8.66. The molecule has 1 aromatic carbocycles. The highest BCUT2D eigenvalue weighted by Crippen LogP contribution is 2.17. The van der Waals surface area contributed by atoms with Crippen LogP contribution in [0.4, 0.5) is 0 Å². The second kappa shape index (κ2) is 5.23. The molecule has 5 heteroatoms. The molecule has 2 aliphatic rings. The molecule has 0 saturated carbocycles. The zero-order valence-corrected chi connectivity index (χ0v) is 11.8. The maximum Gasteiger partial charge on any atom is 0.153 e. The summed E-state index contributed by atoms with van der Waals surface area (Å²) in [6, 6.07) is 11.1. The Hall–Kier alpha value is -0.910. The van der Waals surface area contributed by atoms with Gasteiger partial charge < -0.3 is 5.32 Å². The average molecular weight is 280 g/mol. The predicted octanol–water partition coefficient (Wildman–Crippen LogP) is 0.647. The van der Waals surface area contributed by atoms with Gasteiger partial charge >= 0.3 is 0 Å². The number of benzene rings is 1. The van der Waals surface area contributed by atoms with Crippen LogP contribution in [-0.2, 0) is 16.4 Å². The van der Waals surface area contributed by atoms with E-state index < -0.39 is 9.84 Å². The van der Waals surface area contributed by atoms with Crippen molar-refractivity contribution in [2.45, 2.75) is 25.0 Å². The zero-order chi connectivity index (χ0) is 13.3. The van der Waals surface area contributed by atoms with E-state index in [2.05, 4.69) is 34.5 Å². The van der Waals surface area contributed by atoms with Crippen molar-refractivity contribution in [2.75, 3.05) is 24.6 Å². The second-order valence-electron chi connectivity index (χ2n) is 5.65. The van der Waals surface area contributed by atoms with E-state index in [1.807, 2.05) is 6.07 Å². The van der Waals surface area contributed by atoms with E-state index in [1.54, 1.807) is 0 Å². The van der Waals surface area contributed by atoms with Crippen molar-refractivity contribution in [3.63, 3.8) is 0 Å². The standard InChI is InChI=1S/C14H20N2O2S/c17-19(18)10-14(11-19)15-13-6-7-16(9-13)8-12-4-2-1-3-5-12/h1-5,13-15H,6-11H2. The van der Waals surface area contributed by atoms with Gasteiger partial charge in [-0.05, 0) is 12.0 Å². The van der Waals surface area contributed by atoms with Gasteiger partial charge in [0, 0.05) is 31.7 Å². The first-order valence-electron chi connectivity index (χ1n) is 6.83. The average Bonchev–Trinajstić information content (AvgIpc) is 2.75. The van der Waals surface area contributed by atoms with E-state index in [4.69, 9.17) is 0 Å². The third-order valence-corrected chi connectivity index (χ3v) is 5.72. The number of sulfone groups is 1. The first-order chi connectivity index (χ1) is 9.11. The largest absolute Gasteiger partial charge is 0.308 e. The van der Waals surface area contributed by atoms with Gasteiger partial charge in [-0.2, -0.15) is 0 Å². The molecule has 3 rings (SSSR count). The Morgan fingerprint density at radius 2 is 1.89 bits per heavy atom. The first kappa shape index (κ1) is 13.1. The van der Waals surface area contributed by atoms with Crippen molar-refractivity contribution in [1.82, 2.24) is 10.2 Å². The summed E-state index contributed by atoms with van der Waals surface area (Å²) in [5.74, 6) is 0.643. The molecule has 0 amide bonds. The van der Waals surface area contributed by atoms with Gasteiger partial charge in [0.25, 0.3) is 0 Å². The lowest BCUT2D eigenvalue weighted by Gasteiger charge is -2.29. The molecule has 0 bridgehead atoms. The summed E-state index contributed by atoms with van der Waals surface area (Å²) >= 11 is 0. The van der Waals surface area contributed by atoms with Gasteiger partial charge in [-0.1, -0.05) is 30.3 Å². The SMILES string of the molecule is O=S1(=O)CC(NC2CCN(Cc3ccccc3)C2)C1. The van der Waals surface area contributed by atoms with Gasteiger partial charge in [0.05, 0.1) is 11.5 Å². The monoisotopic (exact) mass is 280 g/mol. The van der Waals surface area contributed by atoms with Gasteiger partial charge in [-0.3, -0.25) is 4.90 Å². The summed E-state index contributed by atoms with van der Waals surface area (Å²) in [5.41, 5.74) is 1.34. The molecule has 2 saturated heterocycles. The van der Waals surface area contributed by atoms with E-state index in [9.17, 15) is 8.42 Å². The van der Waals surface area contributed by atoms with Gasteiger partial charge in [0.15, 0.2) is 9.84 Å². The Bertz CT molecular complexity index is 518. The number of rotatable bonds is 4. The molecule has 2 heterocycles. The van der Waals surface area contributed by atoms with Crippen molar-refractivity contribution >= 4 is 9.84 Å². The van der Waals surface area contributed by atoms with E-state index in [0.29, 0.717) is 17.5 Å². The Kier molecular flexibility index (Phi) is 3.60. The minimum absolute atomic E-state index is 0.187. The topological polar surface area (TPSA) is 49.4 Å². The molecular weight excluding hydrogens is 260 g/mol. The number of nitrogens with zero attached hydrogens (tertiary/aromatic N) is 1. The second-order valence-corrected chi connectivity index (χ2v) is 7.80. The molecule has 1 N–H and O–H groups in total. The van der Waals surface area contributed by atoms with Crippen molar-refractivity contribution in [1.29, 1.82) is 0 Å². The molecule has 1 unspecified atom stereocenters. The minimum atomic E-state index is -2.71. The molecular formula is C14H20N2O2S. The number of nitrogens with one attached hydrogen (secondary N) is 1. The van der Waals surface area contributed by atoms with Crippen molar-refractivity contribution < 1.29 is 8.42 Å². The molecule has 1 atom stereocenters. The fourth-order valence-electron chi connectivity index (χ4n) is 2.95. The molecule has 104 valence electrons. The molecule has 2 fully saturated rings. The maximum atomic E-state index is 11.1. The van der Waals surface area contributed by atoms with E-state index in [1.165, 1.54) is 5.56 Å². The summed E-state index contributed by atoms with van der Waals surface area (Å²) < 4.78 is 22.3. The maximum absolute atomic E-state index is 11.1. The van der Waals surface area contributed by atoms with E-state index in [0.717, 1.165) is 26.1 Å². The summed E-state index contributed by atoms with van der Waals surface area (Å²) in [5, 5.41) is 3.47. The Morgan fingerprint density at radius 1 is 1.16 bits per heavy atom. The van der Waals surface area contributed by atoms with Crippen molar-refractivity contribution in [2.24, 2.45) is 0 Å². The number of hydrogen-bond acceptors (Lipinski definition) is 4. The number of hydrogen-bond donors (Lipinski definition) is 1. The third-order valence-electron chi connectivity index (χ3n) is 3.90. The van der Waals surface area contributed by atoms with Crippen LogP contribution in [0, 0.1) is 0 Å². The third kappa shape index (κ3) is 3.35. The van der Waals surface area contributed by atoms with Crippen molar-refractivity contribution in [3.05, 3.63) is 35.9 Å². The summed E-state index contributed by atoms with van der Waals surface area (Å²) in [6.45, 7) is 3.10. The summed E-state index contributed by atoms with van der Waals surface area (Å²) in [7, 11) is -2.71. The highest BCUT2D eigenvalue weighted by Gasteiger charge is 2.35. The summed E-state index contributed by atoms with van der Waals surface area (Å²) in [6.07, 6.45) is 1.11. The molecule has 0 aliphatic carbocycles. The van der Waals surface area contributed by atoms with Crippen LogP contribution in [0.25, 0.3) is 0 Å². The Balaban J connectivity index is 1.46. The molecule has 0 spiro atoms. The summed E-state index contributed by atoms with van der Waals surface area (Å²) in [4.78, 5) is 2.43. The quantitative estimate of drug-likeness (QED) is 0.880. The van der Waals surface area contributed by atoms with Gasteiger partial charge in [-0.15, -0.1) is 0 Å². The molecule has 19 heavy (non-hydrogen) atoms. The number of likely N-dealkylation sites (tertiary alicyclic amines) is 1. The molecule has 2 aliphatic heterocycles.